The van der Waals surface area contributed by atoms with Crippen LogP contribution in [-0.2, 0) is 0 Å². The van der Waals surface area contributed by atoms with Crippen molar-refractivity contribution in [3.05, 3.63) is 41.4 Å². The Morgan fingerprint density at radius 2 is 2.06 bits per heavy atom. The summed E-state index contributed by atoms with van der Waals surface area (Å²) in [6.45, 7) is 0. The molecule has 1 aromatic heterocycles. The predicted octanol–water partition coefficient (Wildman–Crippen LogP) is 3.51. The molecule has 18 heavy (non-hydrogen) atoms. The van der Waals surface area contributed by atoms with Crippen molar-refractivity contribution in [3.8, 4) is 11.3 Å². The van der Waals surface area contributed by atoms with E-state index in [-0.39, 0.29) is 5.82 Å². The summed E-state index contributed by atoms with van der Waals surface area (Å²) in [5.41, 5.74) is 0.928. The van der Waals surface area contributed by atoms with Gasteiger partial charge in [-0.3, -0.25) is 0 Å². The number of aromatic nitrogens is 2. The van der Waals surface area contributed by atoms with E-state index in [9.17, 15) is 4.39 Å². The highest BCUT2D eigenvalue weighted by Gasteiger charge is 2.21. The molecule has 5 heteroatoms. The van der Waals surface area contributed by atoms with Gasteiger partial charge in [-0.1, -0.05) is 11.6 Å². The number of nitrogens with zero attached hydrogens (tertiary/aromatic N) is 2. The third-order valence-electron chi connectivity index (χ3n) is 2.80. The van der Waals surface area contributed by atoms with Crippen molar-refractivity contribution in [2.45, 2.75) is 18.9 Å². The summed E-state index contributed by atoms with van der Waals surface area (Å²) in [4.78, 5) is 8.21. The van der Waals surface area contributed by atoms with Gasteiger partial charge in [-0.05, 0) is 31.0 Å². The Kier molecular flexibility index (Phi) is 2.88. The SMILES string of the molecule is Fc1ccc(Cl)cc1-c1cc(NC2CC2)ncn1. The van der Waals surface area contributed by atoms with E-state index in [0.29, 0.717) is 22.3 Å². The topological polar surface area (TPSA) is 37.8 Å². The van der Waals surface area contributed by atoms with E-state index < -0.39 is 0 Å². The molecule has 0 saturated heterocycles. The van der Waals surface area contributed by atoms with E-state index in [4.69, 9.17) is 11.6 Å². The maximum absolute atomic E-state index is 13.7. The molecule has 3 rings (SSSR count). The Hall–Kier alpha value is -1.68. The van der Waals surface area contributed by atoms with E-state index in [1.807, 2.05) is 0 Å². The molecule has 0 aliphatic heterocycles. The number of hydrogen-bond donors (Lipinski definition) is 1. The maximum atomic E-state index is 13.7. The summed E-state index contributed by atoms with van der Waals surface area (Å²) in [5, 5.41) is 3.74. The smallest absolute Gasteiger partial charge is 0.132 e. The summed E-state index contributed by atoms with van der Waals surface area (Å²) in [6, 6.07) is 6.67. The lowest BCUT2D eigenvalue weighted by Crippen LogP contribution is -2.03. The molecule has 92 valence electrons. The second kappa shape index (κ2) is 4.53. The van der Waals surface area contributed by atoms with Gasteiger partial charge in [0.25, 0.3) is 0 Å². The second-order valence-corrected chi connectivity index (χ2v) is 4.77. The van der Waals surface area contributed by atoms with E-state index in [1.54, 1.807) is 12.1 Å². The summed E-state index contributed by atoms with van der Waals surface area (Å²) in [5.74, 6) is 0.386. The largest absolute Gasteiger partial charge is 0.367 e. The average Bonchev–Trinajstić information content (AvgIpc) is 3.16. The minimum absolute atomic E-state index is 0.338. The number of anilines is 1. The van der Waals surface area contributed by atoms with Crippen LogP contribution in [0, 0.1) is 5.82 Å². The standard InChI is InChI=1S/C13H11ClFN3/c14-8-1-4-11(15)10(5-8)12-6-13(17-7-16-12)18-9-2-3-9/h1,4-7,9H,2-3H2,(H,16,17,18). The molecular weight excluding hydrogens is 253 g/mol. The van der Waals surface area contributed by atoms with Crippen molar-refractivity contribution in [1.29, 1.82) is 0 Å². The van der Waals surface area contributed by atoms with Crippen LogP contribution in [0.3, 0.4) is 0 Å². The zero-order chi connectivity index (χ0) is 12.5. The van der Waals surface area contributed by atoms with Crippen LogP contribution in [0.1, 0.15) is 12.8 Å². The summed E-state index contributed by atoms with van der Waals surface area (Å²) in [6.07, 6.45) is 3.75. The summed E-state index contributed by atoms with van der Waals surface area (Å²) in [7, 11) is 0. The molecule has 1 heterocycles. The van der Waals surface area contributed by atoms with Gasteiger partial charge in [0.05, 0.1) is 5.69 Å². The van der Waals surface area contributed by atoms with Crippen LogP contribution in [0.15, 0.2) is 30.6 Å². The van der Waals surface area contributed by atoms with Crippen molar-refractivity contribution in [3.63, 3.8) is 0 Å². The molecule has 0 bridgehead atoms. The fraction of sp³-hybridized carbons (Fsp3) is 0.231. The first-order chi connectivity index (χ1) is 8.72. The molecule has 0 atom stereocenters. The molecule has 0 amide bonds. The van der Waals surface area contributed by atoms with Gasteiger partial charge >= 0.3 is 0 Å². The highest BCUT2D eigenvalue weighted by Crippen LogP contribution is 2.27. The minimum Gasteiger partial charge on any atom is -0.367 e. The van der Waals surface area contributed by atoms with Gasteiger partial charge in [0.2, 0.25) is 0 Å². The highest BCUT2D eigenvalue weighted by molar-refractivity contribution is 6.30. The highest BCUT2D eigenvalue weighted by atomic mass is 35.5. The first-order valence-electron chi connectivity index (χ1n) is 5.76. The van der Waals surface area contributed by atoms with Crippen LogP contribution < -0.4 is 5.32 Å². The number of halogens is 2. The minimum atomic E-state index is -0.338. The molecule has 0 unspecified atom stereocenters. The Balaban J connectivity index is 1.96. The van der Waals surface area contributed by atoms with Crippen LogP contribution >= 0.6 is 11.6 Å². The van der Waals surface area contributed by atoms with E-state index in [1.165, 1.54) is 18.5 Å². The molecule has 1 aliphatic rings. The lowest BCUT2D eigenvalue weighted by Gasteiger charge is -2.06. The van der Waals surface area contributed by atoms with Crippen molar-refractivity contribution in [2.24, 2.45) is 0 Å². The van der Waals surface area contributed by atoms with Gasteiger partial charge < -0.3 is 5.32 Å². The lowest BCUT2D eigenvalue weighted by atomic mass is 10.1. The first kappa shape index (κ1) is 11.4. The number of hydrogen-bond acceptors (Lipinski definition) is 3. The Bertz CT molecular complexity index is 584. The molecule has 3 nitrogen and oxygen atoms in total. The predicted molar refractivity (Wildman–Crippen MR) is 69.1 cm³/mol. The van der Waals surface area contributed by atoms with Crippen LogP contribution in [0.4, 0.5) is 10.2 Å². The first-order valence-corrected chi connectivity index (χ1v) is 6.14. The normalized spacial score (nSPS) is 14.6. The molecule has 1 aromatic carbocycles. The fourth-order valence-corrected chi connectivity index (χ4v) is 1.89. The van der Waals surface area contributed by atoms with Gasteiger partial charge in [0, 0.05) is 22.7 Å². The number of rotatable bonds is 3. The van der Waals surface area contributed by atoms with Gasteiger partial charge in [0.15, 0.2) is 0 Å². The molecule has 2 aromatic rings. The molecule has 1 N–H and O–H groups in total. The second-order valence-electron chi connectivity index (χ2n) is 4.33. The van der Waals surface area contributed by atoms with Gasteiger partial charge in [-0.15, -0.1) is 0 Å². The molecule has 1 fully saturated rings. The van der Waals surface area contributed by atoms with Crippen molar-refractivity contribution < 1.29 is 4.39 Å². The molecule has 0 spiro atoms. The third kappa shape index (κ3) is 2.43. The number of benzene rings is 1. The van der Waals surface area contributed by atoms with Gasteiger partial charge in [0.1, 0.15) is 18.0 Å². The Morgan fingerprint density at radius 3 is 2.83 bits per heavy atom. The Morgan fingerprint density at radius 1 is 1.22 bits per heavy atom. The van der Waals surface area contributed by atoms with Gasteiger partial charge in [-0.2, -0.15) is 0 Å². The van der Waals surface area contributed by atoms with Crippen LogP contribution in [-0.4, -0.2) is 16.0 Å². The molecule has 1 saturated carbocycles. The lowest BCUT2D eigenvalue weighted by molar-refractivity contribution is 0.630. The van der Waals surface area contributed by atoms with Crippen molar-refractivity contribution in [1.82, 2.24) is 9.97 Å². The third-order valence-corrected chi connectivity index (χ3v) is 3.04. The van der Waals surface area contributed by atoms with Crippen LogP contribution in [0.5, 0.6) is 0 Å². The van der Waals surface area contributed by atoms with Crippen molar-refractivity contribution >= 4 is 17.4 Å². The number of nitrogens with one attached hydrogen (secondary N) is 1. The zero-order valence-corrected chi connectivity index (χ0v) is 10.3. The van der Waals surface area contributed by atoms with Gasteiger partial charge in [-0.25, -0.2) is 14.4 Å². The zero-order valence-electron chi connectivity index (χ0n) is 9.53. The van der Waals surface area contributed by atoms with E-state index in [0.717, 1.165) is 18.7 Å². The van der Waals surface area contributed by atoms with Crippen LogP contribution in [0.25, 0.3) is 11.3 Å². The summed E-state index contributed by atoms with van der Waals surface area (Å²) >= 11 is 5.88. The summed E-state index contributed by atoms with van der Waals surface area (Å²) < 4.78 is 13.7. The molecular formula is C13H11ClFN3. The van der Waals surface area contributed by atoms with Crippen molar-refractivity contribution in [2.75, 3.05) is 5.32 Å². The Labute approximate surface area is 109 Å². The van der Waals surface area contributed by atoms with E-state index >= 15 is 0 Å². The maximum Gasteiger partial charge on any atom is 0.132 e. The average molecular weight is 264 g/mol. The molecule has 1 aliphatic carbocycles. The quantitative estimate of drug-likeness (QED) is 0.921. The van der Waals surface area contributed by atoms with E-state index in [2.05, 4.69) is 15.3 Å². The fourth-order valence-electron chi connectivity index (χ4n) is 1.71. The monoisotopic (exact) mass is 263 g/mol. The van der Waals surface area contributed by atoms with Crippen LogP contribution in [0.2, 0.25) is 5.02 Å². The molecule has 0 radical (unpaired) electrons.